The number of hydrogen-bond acceptors (Lipinski definition) is 7. The van der Waals surface area contributed by atoms with Crippen LogP contribution in [0.25, 0.3) is 0 Å². The molecule has 5 atom stereocenters. The van der Waals surface area contributed by atoms with Crippen LogP contribution in [0.1, 0.15) is 55.4 Å². The second-order valence-corrected chi connectivity index (χ2v) is 21.6. The van der Waals surface area contributed by atoms with E-state index in [4.69, 9.17) is 23.1 Å². The van der Waals surface area contributed by atoms with Gasteiger partial charge in [0.15, 0.2) is 29.0 Å². The lowest BCUT2D eigenvalue weighted by molar-refractivity contribution is -0.263. The van der Waals surface area contributed by atoms with E-state index in [0.717, 1.165) is 0 Å². The Balaban J connectivity index is 3.43. The van der Waals surface area contributed by atoms with Gasteiger partial charge in [0.1, 0.15) is 18.2 Å². The predicted octanol–water partition coefficient (Wildman–Crippen LogP) is 4.21. The number of nitrogens with one attached hydrogen (secondary N) is 1. The van der Waals surface area contributed by atoms with E-state index in [1.165, 1.54) is 21.0 Å². The first-order valence-corrected chi connectivity index (χ1v) is 17.5. The molecule has 0 spiro atoms. The number of carbonyl (C=O) groups excluding carboxylic acids is 2. The summed E-state index contributed by atoms with van der Waals surface area (Å²) in [4.78, 5) is 24.2. The third-order valence-corrected chi connectivity index (χ3v) is 16.2. The van der Waals surface area contributed by atoms with Crippen LogP contribution in [0.15, 0.2) is 0 Å². The van der Waals surface area contributed by atoms with Gasteiger partial charge < -0.3 is 28.4 Å². The summed E-state index contributed by atoms with van der Waals surface area (Å²) in [6.45, 7) is 24.5. The van der Waals surface area contributed by atoms with E-state index in [1.54, 1.807) is 0 Å². The lowest BCUT2D eigenvalue weighted by Gasteiger charge is -2.50. The summed E-state index contributed by atoms with van der Waals surface area (Å²) >= 11 is 0. The average Bonchev–Trinajstić information content (AvgIpc) is 2.60. The Bertz CT molecular complexity index is 685. The Kier molecular flexibility index (Phi) is 9.96. The average molecular weight is 506 g/mol. The van der Waals surface area contributed by atoms with Gasteiger partial charge in [-0.3, -0.25) is 9.59 Å². The van der Waals surface area contributed by atoms with Gasteiger partial charge in [-0.1, -0.05) is 41.5 Å². The van der Waals surface area contributed by atoms with Gasteiger partial charge in [0.2, 0.25) is 5.91 Å². The highest BCUT2D eigenvalue weighted by Crippen LogP contribution is 2.41. The van der Waals surface area contributed by atoms with E-state index in [9.17, 15) is 9.59 Å². The number of esters is 1. The number of methoxy groups -OCH3 is 1. The molecule has 0 aliphatic carbocycles. The minimum atomic E-state index is -2.33. The van der Waals surface area contributed by atoms with Gasteiger partial charge in [0, 0.05) is 21.0 Å². The van der Waals surface area contributed by atoms with Gasteiger partial charge in [0.25, 0.3) is 0 Å². The highest BCUT2D eigenvalue weighted by Gasteiger charge is 2.53. The smallest absolute Gasteiger partial charge is 0.303 e. The number of amides is 1. The van der Waals surface area contributed by atoms with Crippen molar-refractivity contribution in [2.45, 2.75) is 122 Å². The topological polar surface area (TPSA) is 92.3 Å². The quantitative estimate of drug-likeness (QED) is 0.390. The van der Waals surface area contributed by atoms with Gasteiger partial charge in [-0.2, -0.15) is 0 Å². The molecule has 1 fully saturated rings. The number of hydrogen-bond donors (Lipinski definition) is 1. The standard InChI is InChI=1S/C23H47NO7Si2/c1-15(25)24-18-20(31-33(12,13)23(6,7)8)19(29-16(2)26)17(30-21(18)27-9)14-28-32(10,11)22(3,4)5/h17-21H,14H2,1-13H3,(H,24,25)/t17-,18-,19-,20-,21+/m1/s1. The van der Waals surface area contributed by atoms with E-state index in [0.29, 0.717) is 0 Å². The van der Waals surface area contributed by atoms with Crippen LogP contribution in [-0.2, 0) is 32.7 Å². The van der Waals surface area contributed by atoms with Gasteiger partial charge >= 0.3 is 5.97 Å². The van der Waals surface area contributed by atoms with Crippen LogP contribution >= 0.6 is 0 Å². The van der Waals surface area contributed by atoms with Gasteiger partial charge in [-0.15, -0.1) is 0 Å². The van der Waals surface area contributed by atoms with Crippen LogP contribution in [0.4, 0.5) is 0 Å². The first-order chi connectivity index (χ1) is 14.7. The van der Waals surface area contributed by atoms with Crippen molar-refractivity contribution in [3.8, 4) is 0 Å². The predicted molar refractivity (Wildman–Crippen MR) is 134 cm³/mol. The third kappa shape index (κ3) is 7.86. The van der Waals surface area contributed by atoms with Gasteiger partial charge in [-0.25, -0.2) is 0 Å². The maximum Gasteiger partial charge on any atom is 0.303 e. The number of carbonyl (C=O) groups is 2. The highest BCUT2D eigenvalue weighted by atomic mass is 28.4. The van der Waals surface area contributed by atoms with Crippen molar-refractivity contribution < 1.29 is 32.7 Å². The Hall–Kier alpha value is -0.786. The zero-order valence-electron chi connectivity index (χ0n) is 23.0. The second kappa shape index (κ2) is 10.9. The Labute approximate surface area is 202 Å². The molecule has 1 aliphatic heterocycles. The van der Waals surface area contributed by atoms with E-state index >= 15 is 0 Å². The molecule has 0 unspecified atom stereocenters. The van der Waals surface area contributed by atoms with Crippen LogP contribution in [0.5, 0.6) is 0 Å². The molecule has 0 radical (unpaired) electrons. The SMILES string of the molecule is CO[C@H]1O[C@H](CO[Si](C)(C)C(C)(C)C)[C@@H](OC(C)=O)[C@H](O[Si](C)(C)C(C)(C)C)[C@H]1NC(C)=O. The van der Waals surface area contributed by atoms with Crippen molar-refractivity contribution in [2.24, 2.45) is 0 Å². The summed E-state index contributed by atoms with van der Waals surface area (Å²) in [7, 11) is -2.89. The molecule has 1 aliphatic rings. The van der Waals surface area contributed by atoms with E-state index in [1.807, 2.05) is 0 Å². The van der Waals surface area contributed by atoms with E-state index in [-0.39, 0.29) is 22.6 Å². The Morgan fingerprint density at radius 2 is 1.42 bits per heavy atom. The fourth-order valence-electron chi connectivity index (χ4n) is 3.13. The fourth-order valence-corrected chi connectivity index (χ4v) is 5.45. The highest BCUT2D eigenvalue weighted by molar-refractivity contribution is 6.74. The normalized spacial score (nSPS) is 27.2. The summed E-state index contributed by atoms with van der Waals surface area (Å²) in [6.07, 6.45) is -2.79. The molecular formula is C23H47NO7Si2. The van der Waals surface area contributed by atoms with Crippen LogP contribution in [0, 0.1) is 0 Å². The monoisotopic (exact) mass is 505 g/mol. The lowest BCUT2D eigenvalue weighted by atomic mass is 9.96. The minimum absolute atomic E-state index is 0.00894. The van der Waals surface area contributed by atoms with Crippen molar-refractivity contribution in [1.82, 2.24) is 5.32 Å². The van der Waals surface area contributed by atoms with E-state index < -0.39 is 53.2 Å². The minimum Gasteiger partial charge on any atom is -0.457 e. The van der Waals surface area contributed by atoms with Crippen molar-refractivity contribution >= 4 is 28.5 Å². The molecule has 194 valence electrons. The van der Waals surface area contributed by atoms with Crippen LogP contribution in [-0.4, -0.2) is 72.9 Å². The van der Waals surface area contributed by atoms with Crippen molar-refractivity contribution in [3.05, 3.63) is 0 Å². The first kappa shape index (κ1) is 30.2. The maximum atomic E-state index is 12.1. The fraction of sp³-hybridized carbons (Fsp3) is 0.913. The molecule has 1 saturated heterocycles. The van der Waals surface area contributed by atoms with E-state index in [2.05, 4.69) is 73.0 Å². The molecule has 0 aromatic carbocycles. The summed E-state index contributed by atoms with van der Waals surface area (Å²) in [5.74, 6) is -0.686. The van der Waals surface area contributed by atoms with Crippen molar-refractivity contribution in [2.75, 3.05) is 13.7 Å². The zero-order chi connectivity index (χ0) is 26.0. The number of ether oxygens (including phenoxy) is 3. The first-order valence-electron chi connectivity index (χ1n) is 11.7. The molecule has 1 N–H and O–H groups in total. The summed E-state index contributed by atoms with van der Waals surface area (Å²) in [5, 5.41) is 2.83. The van der Waals surface area contributed by atoms with Crippen LogP contribution in [0.2, 0.25) is 36.3 Å². The van der Waals surface area contributed by atoms with Crippen LogP contribution in [0.3, 0.4) is 0 Å². The second-order valence-electron chi connectivity index (χ2n) is 12.0. The molecule has 33 heavy (non-hydrogen) atoms. The van der Waals surface area contributed by atoms with Gasteiger partial charge in [-0.05, 0) is 36.3 Å². The van der Waals surface area contributed by atoms with Gasteiger partial charge in [0.05, 0.1) is 6.61 Å². The molecule has 1 amide bonds. The molecule has 0 aromatic rings. The molecule has 1 rings (SSSR count). The summed E-state index contributed by atoms with van der Waals surface area (Å²) < 4.78 is 30.9. The molecule has 0 bridgehead atoms. The molecule has 8 nitrogen and oxygen atoms in total. The largest absolute Gasteiger partial charge is 0.457 e. The number of rotatable bonds is 8. The molecule has 1 heterocycles. The summed E-state index contributed by atoms with van der Waals surface area (Å²) in [6, 6.07) is -0.643. The Morgan fingerprint density at radius 3 is 1.82 bits per heavy atom. The van der Waals surface area contributed by atoms with Crippen molar-refractivity contribution in [1.29, 1.82) is 0 Å². The molecule has 0 saturated carbocycles. The summed E-state index contributed by atoms with van der Waals surface area (Å²) in [5.41, 5.74) is 0. The molecular weight excluding hydrogens is 458 g/mol. The third-order valence-electron chi connectivity index (χ3n) is 7.20. The Morgan fingerprint density at radius 1 is 0.909 bits per heavy atom. The van der Waals surface area contributed by atoms with Crippen LogP contribution < -0.4 is 5.32 Å². The molecule has 0 aromatic heterocycles. The maximum absolute atomic E-state index is 12.1. The lowest BCUT2D eigenvalue weighted by Crippen LogP contribution is -2.68. The molecule has 10 heteroatoms. The van der Waals surface area contributed by atoms with Crippen molar-refractivity contribution in [3.63, 3.8) is 0 Å². The zero-order valence-corrected chi connectivity index (χ0v) is 25.0.